The van der Waals surface area contributed by atoms with E-state index in [0.717, 1.165) is 67.5 Å². The standard InChI is InChI=1S/C21H27N5S/c1-16-15-18-19(22-10-6-9-17-7-4-3-5-8-17)23-21(24-20(18)27-16)26-13-11-25(2)12-14-26/h3-5,7-8,15H,6,9-14H2,1-2H3,(H,22,23,24). The van der Waals surface area contributed by atoms with Crippen molar-refractivity contribution < 1.29 is 0 Å². The van der Waals surface area contributed by atoms with E-state index in [9.17, 15) is 0 Å². The molecule has 1 saturated heterocycles. The summed E-state index contributed by atoms with van der Waals surface area (Å²) in [6.07, 6.45) is 2.17. The lowest BCUT2D eigenvalue weighted by Crippen LogP contribution is -2.45. The van der Waals surface area contributed by atoms with Gasteiger partial charge in [0.2, 0.25) is 5.95 Å². The molecule has 1 fully saturated rings. The number of benzene rings is 1. The lowest BCUT2D eigenvalue weighted by Gasteiger charge is -2.32. The van der Waals surface area contributed by atoms with Crippen LogP contribution in [-0.4, -0.2) is 54.6 Å². The molecule has 142 valence electrons. The fourth-order valence-electron chi connectivity index (χ4n) is 3.46. The van der Waals surface area contributed by atoms with Crippen molar-refractivity contribution in [3.05, 3.63) is 46.8 Å². The molecule has 0 amide bonds. The van der Waals surface area contributed by atoms with E-state index in [1.165, 1.54) is 10.4 Å². The minimum atomic E-state index is 0.864. The van der Waals surface area contributed by atoms with Crippen LogP contribution >= 0.6 is 11.3 Å². The molecule has 2 aromatic heterocycles. The number of anilines is 2. The first-order valence-corrected chi connectivity index (χ1v) is 10.5. The molecule has 4 rings (SSSR count). The summed E-state index contributed by atoms with van der Waals surface area (Å²) < 4.78 is 0. The highest BCUT2D eigenvalue weighted by molar-refractivity contribution is 7.18. The number of hydrogen-bond donors (Lipinski definition) is 1. The molecule has 0 aliphatic carbocycles. The van der Waals surface area contributed by atoms with Crippen molar-refractivity contribution in [2.75, 3.05) is 50.0 Å². The van der Waals surface area contributed by atoms with Gasteiger partial charge in [-0.15, -0.1) is 11.3 Å². The first kappa shape index (κ1) is 18.2. The molecule has 0 spiro atoms. The number of rotatable bonds is 6. The first-order valence-electron chi connectivity index (χ1n) is 9.68. The minimum Gasteiger partial charge on any atom is -0.369 e. The van der Waals surface area contributed by atoms with Gasteiger partial charge >= 0.3 is 0 Å². The first-order chi connectivity index (χ1) is 13.2. The van der Waals surface area contributed by atoms with Crippen LogP contribution in [-0.2, 0) is 6.42 Å². The van der Waals surface area contributed by atoms with Gasteiger partial charge in [0.05, 0.1) is 5.39 Å². The number of nitrogens with one attached hydrogen (secondary N) is 1. The van der Waals surface area contributed by atoms with Crippen LogP contribution in [0.3, 0.4) is 0 Å². The predicted molar refractivity (Wildman–Crippen MR) is 115 cm³/mol. The Morgan fingerprint density at radius 3 is 2.63 bits per heavy atom. The summed E-state index contributed by atoms with van der Waals surface area (Å²) >= 11 is 1.75. The zero-order valence-corrected chi connectivity index (χ0v) is 16.9. The molecule has 3 heterocycles. The zero-order chi connectivity index (χ0) is 18.6. The maximum Gasteiger partial charge on any atom is 0.228 e. The highest BCUT2D eigenvalue weighted by atomic mass is 32.1. The molecule has 1 aliphatic rings. The fourth-order valence-corrected chi connectivity index (χ4v) is 4.33. The van der Waals surface area contributed by atoms with E-state index in [2.05, 4.69) is 65.5 Å². The number of thiophene rings is 1. The Kier molecular flexibility index (Phi) is 5.55. The lowest BCUT2D eigenvalue weighted by molar-refractivity contribution is 0.311. The molecule has 0 atom stereocenters. The molecule has 0 unspecified atom stereocenters. The van der Waals surface area contributed by atoms with Gasteiger partial charge in [-0.25, -0.2) is 4.98 Å². The average molecular weight is 382 g/mol. The monoisotopic (exact) mass is 381 g/mol. The van der Waals surface area contributed by atoms with E-state index in [4.69, 9.17) is 9.97 Å². The molecule has 5 nitrogen and oxygen atoms in total. The molecule has 0 radical (unpaired) electrons. The van der Waals surface area contributed by atoms with Gasteiger partial charge in [0, 0.05) is 37.6 Å². The number of aryl methyl sites for hydroxylation is 2. The highest BCUT2D eigenvalue weighted by Gasteiger charge is 2.19. The number of likely N-dealkylation sites (N-methyl/N-ethyl adjacent to an activating group) is 1. The smallest absolute Gasteiger partial charge is 0.228 e. The third kappa shape index (κ3) is 4.39. The predicted octanol–water partition coefficient (Wildman–Crippen LogP) is 3.80. The maximum atomic E-state index is 4.90. The van der Waals surface area contributed by atoms with Crippen molar-refractivity contribution in [2.24, 2.45) is 0 Å². The molecule has 27 heavy (non-hydrogen) atoms. The lowest BCUT2D eigenvalue weighted by atomic mass is 10.1. The highest BCUT2D eigenvalue weighted by Crippen LogP contribution is 2.30. The van der Waals surface area contributed by atoms with E-state index in [-0.39, 0.29) is 0 Å². The van der Waals surface area contributed by atoms with Gasteiger partial charge < -0.3 is 15.1 Å². The van der Waals surface area contributed by atoms with Crippen molar-refractivity contribution >= 4 is 33.3 Å². The molecule has 1 N–H and O–H groups in total. The van der Waals surface area contributed by atoms with Gasteiger partial charge in [-0.1, -0.05) is 30.3 Å². The SMILES string of the molecule is Cc1cc2c(NCCCc3ccccc3)nc(N3CCN(C)CC3)nc2s1. The normalized spacial score (nSPS) is 15.4. The topological polar surface area (TPSA) is 44.3 Å². The largest absolute Gasteiger partial charge is 0.369 e. The Balaban J connectivity index is 1.48. The van der Waals surface area contributed by atoms with Crippen LogP contribution in [0.4, 0.5) is 11.8 Å². The quantitative estimate of drug-likeness (QED) is 0.658. The van der Waals surface area contributed by atoms with E-state index >= 15 is 0 Å². The summed E-state index contributed by atoms with van der Waals surface area (Å²) in [5.41, 5.74) is 1.39. The van der Waals surface area contributed by atoms with Gasteiger partial charge in [0.15, 0.2) is 0 Å². The van der Waals surface area contributed by atoms with Crippen LogP contribution in [0.15, 0.2) is 36.4 Å². The molecule has 1 aromatic carbocycles. The summed E-state index contributed by atoms with van der Waals surface area (Å²) in [6.45, 7) is 7.15. The van der Waals surface area contributed by atoms with E-state index in [1.807, 2.05) is 0 Å². The van der Waals surface area contributed by atoms with Crippen LogP contribution in [0.2, 0.25) is 0 Å². The van der Waals surface area contributed by atoms with Crippen LogP contribution in [0.5, 0.6) is 0 Å². The Labute approximate surface area is 165 Å². The Hall–Kier alpha value is -2.18. The molecule has 1 aliphatic heterocycles. The second kappa shape index (κ2) is 8.23. The van der Waals surface area contributed by atoms with Crippen molar-refractivity contribution in [3.8, 4) is 0 Å². The van der Waals surface area contributed by atoms with E-state index < -0.39 is 0 Å². The van der Waals surface area contributed by atoms with Crippen LogP contribution in [0, 0.1) is 6.92 Å². The van der Waals surface area contributed by atoms with Crippen molar-refractivity contribution in [1.82, 2.24) is 14.9 Å². The molecule has 3 aromatic rings. The Morgan fingerprint density at radius 1 is 1.07 bits per heavy atom. The second-order valence-corrected chi connectivity index (χ2v) is 8.49. The van der Waals surface area contributed by atoms with Gasteiger partial charge in [0.1, 0.15) is 10.6 Å². The van der Waals surface area contributed by atoms with Gasteiger partial charge in [0.25, 0.3) is 0 Å². The van der Waals surface area contributed by atoms with Gasteiger partial charge in [-0.3, -0.25) is 0 Å². The summed E-state index contributed by atoms with van der Waals surface area (Å²) in [4.78, 5) is 16.8. The molecule has 0 saturated carbocycles. The van der Waals surface area contributed by atoms with E-state index in [1.54, 1.807) is 11.3 Å². The third-order valence-electron chi connectivity index (χ3n) is 5.07. The molecular weight excluding hydrogens is 354 g/mol. The molecule has 6 heteroatoms. The minimum absolute atomic E-state index is 0.864. The third-order valence-corrected chi connectivity index (χ3v) is 6.01. The zero-order valence-electron chi connectivity index (χ0n) is 16.1. The van der Waals surface area contributed by atoms with E-state index in [0.29, 0.717) is 0 Å². The summed E-state index contributed by atoms with van der Waals surface area (Å²) in [5, 5.41) is 4.73. The maximum absolute atomic E-state index is 4.90. The summed E-state index contributed by atoms with van der Waals surface area (Å²) in [7, 11) is 2.17. The van der Waals surface area contributed by atoms with Crippen LogP contribution in [0.1, 0.15) is 16.9 Å². The molecular formula is C21H27N5S. The number of nitrogens with zero attached hydrogens (tertiary/aromatic N) is 4. The number of aromatic nitrogens is 2. The number of fused-ring (bicyclic) bond motifs is 1. The van der Waals surface area contributed by atoms with Crippen LogP contribution < -0.4 is 10.2 Å². The summed E-state index contributed by atoms with van der Waals surface area (Å²) in [5.74, 6) is 1.84. The molecule has 0 bridgehead atoms. The van der Waals surface area contributed by atoms with Crippen molar-refractivity contribution in [3.63, 3.8) is 0 Å². The van der Waals surface area contributed by atoms with Crippen LogP contribution in [0.25, 0.3) is 10.2 Å². The van der Waals surface area contributed by atoms with Crippen molar-refractivity contribution in [2.45, 2.75) is 19.8 Å². The Bertz CT molecular complexity index is 884. The fraction of sp³-hybridized carbons (Fsp3) is 0.429. The van der Waals surface area contributed by atoms with Gasteiger partial charge in [-0.2, -0.15) is 4.98 Å². The Morgan fingerprint density at radius 2 is 1.85 bits per heavy atom. The summed E-state index contributed by atoms with van der Waals surface area (Å²) in [6, 6.07) is 12.9. The number of hydrogen-bond acceptors (Lipinski definition) is 6. The number of piperazine rings is 1. The second-order valence-electron chi connectivity index (χ2n) is 7.25. The van der Waals surface area contributed by atoms with Crippen molar-refractivity contribution in [1.29, 1.82) is 0 Å². The average Bonchev–Trinajstić information content (AvgIpc) is 3.07. The van der Waals surface area contributed by atoms with Gasteiger partial charge in [-0.05, 0) is 38.4 Å².